The summed E-state index contributed by atoms with van der Waals surface area (Å²) in [6.45, 7) is 14.0. The lowest BCUT2D eigenvalue weighted by Crippen LogP contribution is -2.40. The Morgan fingerprint density at radius 2 is 2.17 bits per heavy atom. The molecule has 1 aliphatic rings. The van der Waals surface area contributed by atoms with E-state index in [1.807, 2.05) is 25.2 Å². The van der Waals surface area contributed by atoms with Crippen molar-refractivity contribution in [2.24, 2.45) is 0 Å². The van der Waals surface area contributed by atoms with Gasteiger partial charge in [-0.05, 0) is 42.9 Å². The molecule has 3 nitrogen and oxygen atoms in total. The fraction of sp³-hybridized carbons (Fsp3) is 0.350. The fourth-order valence-corrected chi connectivity index (χ4v) is 3.00. The SMILES string of the molecule is C=Cc1ccc(CC)cc1C(=O)N(C)C1CCCC(=C)NC1=C. The third kappa shape index (κ3) is 3.73. The van der Waals surface area contributed by atoms with Gasteiger partial charge >= 0.3 is 0 Å². The zero-order valence-electron chi connectivity index (χ0n) is 14.2. The van der Waals surface area contributed by atoms with E-state index in [4.69, 9.17) is 0 Å². The molecular weight excluding hydrogens is 284 g/mol. The van der Waals surface area contributed by atoms with Crippen molar-refractivity contribution >= 4 is 12.0 Å². The third-order valence-electron chi connectivity index (χ3n) is 4.46. The first-order valence-electron chi connectivity index (χ1n) is 8.14. The Labute approximate surface area is 139 Å². The molecule has 1 aromatic rings. The number of hydrogen-bond donors (Lipinski definition) is 1. The average Bonchev–Trinajstić information content (AvgIpc) is 2.72. The van der Waals surface area contributed by atoms with Gasteiger partial charge < -0.3 is 10.2 Å². The zero-order valence-corrected chi connectivity index (χ0v) is 14.2. The molecule has 0 spiro atoms. The van der Waals surface area contributed by atoms with Crippen molar-refractivity contribution in [2.45, 2.75) is 38.6 Å². The Hall–Kier alpha value is -2.29. The van der Waals surface area contributed by atoms with Crippen LogP contribution in [-0.4, -0.2) is 23.9 Å². The Bertz CT molecular complexity index is 645. The summed E-state index contributed by atoms with van der Waals surface area (Å²) < 4.78 is 0. The maximum absolute atomic E-state index is 13.0. The second-order valence-corrected chi connectivity index (χ2v) is 6.06. The van der Waals surface area contributed by atoms with Gasteiger partial charge in [-0.25, -0.2) is 0 Å². The normalized spacial score (nSPS) is 18.1. The summed E-state index contributed by atoms with van der Waals surface area (Å²) >= 11 is 0. The molecule has 2 rings (SSSR count). The van der Waals surface area contributed by atoms with Crippen molar-refractivity contribution in [1.82, 2.24) is 10.2 Å². The number of aryl methyl sites for hydroxylation is 1. The Morgan fingerprint density at radius 3 is 2.83 bits per heavy atom. The highest BCUT2D eigenvalue weighted by molar-refractivity contribution is 5.98. The third-order valence-corrected chi connectivity index (χ3v) is 4.46. The van der Waals surface area contributed by atoms with E-state index >= 15 is 0 Å². The molecule has 1 fully saturated rings. The van der Waals surface area contributed by atoms with Gasteiger partial charge in [0, 0.05) is 24.0 Å². The topological polar surface area (TPSA) is 32.3 Å². The van der Waals surface area contributed by atoms with Crippen LogP contribution in [0, 0.1) is 0 Å². The molecule has 0 aromatic heterocycles. The van der Waals surface area contributed by atoms with Gasteiger partial charge in [0.2, 0.25) is 0 Å². The minimum absolute atomic E-state index is 0.00987. The minimum Gasteiger partial charge on any atom is -0.362 e. The van der Waals surface area contributed by atoms with Gasteiger partial charge in [0.1, 0.15) is 0 Å². The number of carbonyl (C=O) groups is 1. The number of rotatable bonds is 4. The summed E-state index contributed by atoms with van der Waals surface area (Å²) in [6, 6.07) is 5.96. The number of nitrogens with zero attached hydrogens (tertiary/aromatic N) is 1. The lowest BCUT2D eigenvalue weighted by Gasteiger charge is -2.29. The van der Waals surface area contributed by atoms with Gasteiger partial charge in [-0.1, -0.05) is 44.9 Å². The molecule has 1 amide bonds. The smallest absolute Gasteiger partial charge is 0.254 e. The highest BCUT2D eigenvalue weighted by Gasteiger charge is 2.26. The van der Waals surface area contributed by atoms with Crippen LogP contribution in [0.15, 0.2) is 49.3 Å². The van der Waals surface area contributed by atoms with Crippen LogP contribution in [0.2, 0.25) is 0 Å². The first kappa shape index (κ1) is 17.1. The summed E-state index contributed by atoms with van der Waals surface area (Å²) in [5, 5.41) is 3.23. The van der Waals surface area contributed by atoms with Gasteiger partial charge in [-0.2, -0.15) is 0 Å². The molecular formula is C20H26N2O. The van der Waals surface area contributed by atoms with Crippen LogP contribution in [-0.2, 0) is 6.42 Å². The summed E-state index contributed by atoms with van der Waals surface area (Å²) in [5.74, 6) is 0.00987. The molecule has 0 radical (unpaired) electrons. The molecule has 23 heavy (non-hydrogen) atoms. The van der Waals surface area contributed by atoms with Crippen molar-refractivity contribution in [3.8, 4) is 0 Å². The van der Waals surface area contributed by atoms with E-state index in [0.29, 0.717) is 5.56 Å². The van der Waals surface area contributed by atoms with E-state index in [-0.39, 0.29) is 11.9 Å². The summed E-state index contributed by atoms with van der Waals surface area (Å²) in [6.07, 6.45) is 5.45. The number of nitrogens with one attached hydrogen (secondary N) is 1. The number of benzene rings is 1. The van der Waals surface area contributed by atoms with Gasteiger partial charge in [-0.3, -0.25) is 4.79 Å². The van der Waals surface area contributed by atoms with Crippen LogP contribution in [0.1, 0.15) is 47.7 Å². The lowest BCUT2D eigenvalue weighted by molar-refractivity contribution is 0.0745. The van der Waals surface area contributed by atoms with Crippen LogP contribution in [0.4, 0.5) is 0 Å². The molecule has 1 aliphatic heterocycles. The maximum atomic E-state index is 13.0. The van der Waals surface area contributed by atoms with Gasteiger partial charge in [0.25, 0.3) is 5.91 Å². The van der Waals surface area contributed by atoms with Crippen molar-refractivity contribution in [2.75, 3.05) is 7.05 Å². The standard InChI is InChI=1S/C20H26N2O/c1-6-16-11-12-17(7-2)18(13-16)20(23)22(5)19-10-8-9-14(3)21-15(19)4/h7,11-13,19,21H,2-4,6,8-10H2,1,5H3. The van der Waals surface area contributed by atoms with Crippen molar-refractivity contribution < 1.29 is 4.79 Å². The Balaban J connectivity index is 2.30. The molecule has 1 saturated heterocycles. The summed E-state index contributed by atoms with van der Waals surface area (Å²) in [5.41, 5.74) is 4.54. The van der Waals surface area contributed by atoms with Crippen molar-refractivity contribution in [3.63, 3.8) is 0 Å². The van der Waals surface area contributed by atoms with E-state index in [2.05, 4.69) is 32.0 Å². The number of allylic oxidation sites excluding steroid dienone is 1. The van der Waals surface area contributed by atoms with E-state index in [1.165, 1.54) is 0 Å². The molecule has 1 N–H and O–H groups in total. The van der Waals surface area contributed by atoms with E-state index in [1.54, 1.807) is 11.0 Å². The second-order valence-electron chi connectivity index (χ2n) is 6.06. The monoisotopic (exact) mass is 310 g/mol. The van der Waals surface area contributed by atoms with Crippen molar-refractivity contribution in [1.29, 1.82) is 0 Å². The number of carbonyl (C=O) groups excluding carboxylic acids is 1. The molecule has 122 valence electrons. The quantitative estimate of drug-likeness (QED) is 0.906. The van der Waals surface area contributed by atoms with Crippen LogP contribution in [0.5, 0.6) is 0 Å². The first-order chi connectivity index (χ1) is 11.0. The largest absolute Gasteiger partial charge is 0.362 e. The predicted octanol–water partition coefficient (Wildman–Crippen LogP) is 4.13. The maximum Gasteiger partial charge on any atom is 0.254 e. The van der Waals surface area contributed by atoms with Gasteiger partial charge in [0.05, 0.1) is 6.04 Å². The highest BCUT2D eigenvalue weighted by atomic mass is 16.2. The van der Waals surface area contributed by atoms with Crippen LogP contribution < -0.4 is 5.32 Å². The minimum atomic E-state index is -0.0234. The molecule has 3 heteroatoms. The van der Waals surface area contributed by atoms with Crippen LogP contribution in [0.25, 0.3) is 6.08 Å². The van der Waals surface area contributed by atoms with E-state index in [0.717, 1.165) is 48.2 Å². The molecule has 1 atom stereocenters. The Morgan fingerprint density at radius 1 is 1.43 bits per heavy atom. The zero-order chi connectivity index (χ0) is 17.0. The molecule has 1 aromatic carbocycles. The summed E-state index contributed by atoms with van der Waals surface area (Å²) in [7, 11) is 1.85. The van der Waals surface area contributed by atoms with Gasteiger partial charge in [0.15, 0.2) is 0 Å². The summed E-state index contributed by atoms with van der Waals surface area (Å²) in [4.78, 5) is 14.8. The second kappa shape index (κ2) is 7.32. The predicted molar refractivity (Wildman–Crippen MR) is 97.1 cm³/mol. The molecule has 0 bridgehead atoms. The first-order valence-corrected chi connectivity index (χ1v) is 8.14. The number of amides is 1. The lowest BCUT2D eigenvalue weighted by atomic mass is 10.00. The Kier molecular flexibility index (Phi) is 5.43. The van der Waals surface area contributed by atoms with E-state index in [9.17, 15) is 4.79 Å². The average molecular weight is 310 g/mol. The molecule has 1 unspecified atom stereocenters. The van der Waals surface area contributed by atoms with Crippen LogP contribution in [0.3, 0.4) is 0 Å². The fourth-order valence-electron chi connectivity index (χ4n) is 3.00. The van der Waals surface area contributed by atoms with Crippen LogP contribution >= 0.6 is 0 Å². The van der Waals surface area contributed by atoms with Crippen molar-refractivity contribution in [3.05, 3.63) is 66.0 Å². The van der Waals surface area contributed by atoms with E-state index < -0.39 is 0 Å². The number of hydrogen-bond acceptors (Lipinski definition) is 2. The molecule has 0 saturated carbocycles. The number of likely N-dealkylation sites (N-methyl/N-ethyl adjacent to an activating group) is 1. The molecule has 0 aliphatic carbocycles. The van der Waals surface area contributed by atoms with Gasteiger partial charge in [-0.15, -0.1) is 0 Å². The highest BCUT2D eigenvalue weighted by Crippen LogP contribution is 2.23. The molecule has 1 heterocycles.